The van der Waals surface area contributed by atoms with Gasteiger partial charge in [-0.2, -0.15) is 4.98 Å². The van der Waals surface area contributed by atoms with Gasteiger partial charge in [-0.05, 0) is 45.1 Å². The molecule has 1 atom stereocenters. The highest BCUT2D eigenvalue weighted by Gasteiger charge is 2.34. The second-order valence-corrected chi connectivity index (χ2v) is 8.25. The molecule has 3 saturated heterocycles. The maximum atomic E-state index is 12.8. The van der Waals surface area contributed by atoms with Gasteiger partial charge in [-0.15, -0.1) is 0 Å². The Bertz CT molecular complexity index is 694. The van der Waals surface area contributed by atoms with E-state index < -0.39 is 5.91 Å². The van der Waals surface area contributed by atoms with Gasteiger partial charge in [0.15, 0.2) is 0 Å². The molecule has 9 nitrogen and oxygen atoms in total. The van der Waals surface area contributed by atoms with Crippen molar-refractivity contribution in [3.05, 3.63) is 11.7 Å². The van der Waals surface area contributed by atoms with Crippen LogP contribution in [0.4, 0.5) is 0 Å². The smallest absolute Gasteiger partial charge is 0.290 e. The van der Waals surface area contributed by atoms with E-state index in [1.54, 1.807) is 0 Å². The van der Waals surface area contributed by atoms with Crippen molar-refractivity contribution in [2.45, 2.75) is 51.1 Å². The first-order valence-electron chi connectivity index (χ1n) is 10.5. The predicted octanol–water partition coefficient (Wildman–Crippen LogP) is 0.467. The number of nitrogens with zero attached hydrogens (tertiary/aromatic N) is 5. The van der Waals surface area contributed by atoms with Crippen molar-refractivity contribution >= 4 is 11.8 Å². The van der Waals surface area contributed by atoms with E-state index >= 15 is 0 Å². The Balaban J connectivity index is 1.26. The summed E-state index contributed by atoms with van der Waals surface area (Å²) in [5.74, 6) is 0.252. The van der Waals surface area contributed by atoms with Crippen LogP contribution in [0.1, 0.15) is 55.0 Å². The highest BCUT2D eigenvalue weighted by molar-refractivity contribution is 5.88. The van der Waals surface area contributed by atoms with Gasteiger partial charge in [0.2, 0.25) is 11.8 Å². The highest BCUT2D eigenvalue weighted by atomic mass is 16.5. The maximum absolute atomic E-state index is 12.8. The zero-order valence-corrected chi connectivity index (χ0v) is 16.4. The summed E-state index contributed by atoms with van der Waals surface area (Å²) in [5, 5.41) is 3.60. The van der Waals surface area contributed by atoms with Gasteiger partial charge in [0.25, 0.3) is 11.7 Å². The van der Waals surface area contributed by atoms with Gasteiger partial charge in [-0.1, -0.05) is 5.16 Å². The van der Waals surface area contributed by atoms with Crippen LogP contribution in [0.15, 0.2) is 4.52 Å². The standard InChI is InChI=1S/C19H30N6O3/c20-17(26)18-21-16(28-22-18)13-23-10-5-15(6-11-23)25-9-3-4-14(12-25)19(27)24-7-1-2-8-24/h14-15H,1-13H2,(H2,20,26). The summed E-state index contributed by atoms with van der Waals surface area (Å²) >= 11 is 0. The van der Waals surface area contributed by atoms with Crippen LogP contribution in [-0.2, 0) is 11.3 Å². The van der Waals surface area contributed by atoms with Crippen molar-refractivity contribution in [1.82, 2.24) is 24.8 Å². The first-order chi connectivity index (χ1) is 13.6. The summed E-state index contributed by atoms with van der Waals surface area (Å²) in [4.78, 5) is 34.8. The zero-order valence-electron chi connectivity index (χ0n) is 16.4. The lowest BCUT2D eigenvalue weighted by Gasteiger charge is -2.42. The van der Waals surface area contributed by atoms with Gasteiger partial charge in [0.1, 0.15) is 0 Å². The third-order valence-electron chi connectivity index (χ3n) is 6.34. The number of hydrogen-bond acceptors (Lipinski definition) is 7. The van der Waals surface area contributed by atoms with E-state index in [1.807, 2.05) is 0 Å². The summed E-state index contributed by atoms with van der Waals surface area (Å²) < 4.78 is 5.10. The van der Waals surface area contributed by atoms with Crippen molar-refractivity contribution in [2.75, 3.05) is 39.3 Å². The van der Waals surface area contributed by atoms with Crippen LogP contribution in [0, 0.1) is 5.92 Å². The number of aromatic nitrogens is 2. The quantitative estimate of drug-likeness (QED) is 0.778. The van der Waals surface area contributed by atoms with Crippen LogP contribution >= 0.6 is 0 Å². The summed E-state index contributed by atoms with van der Waals surface area (Å²) in [7, 11) is 0. The third kappa shape index (κ3) is 4.35. The van der Waals surface area contributed by atoms with E-state index in [9.17, 15) is 9.59 Å². The second kappa shape index (κ2) is 8.57. The molecule has 2 amide bonds. The topological polar surface area (TPSA) is 109 Å². The number of piperidine rings is 2. The molecule has 9 heteroatoms. The molecule has 154 valence electrons. The van der Waals surface area contributed by atoms with Gasteiger partial charge in [0.05, 0.1) is 12.5 Å². The molecule has 3 fully saturated rings. The van der Waals surface area contributed by atoms with E-state index in [2.05, 4.69) is 24.8 Å². The molecule has 0 aromatic carbocycles. The van der Waals surface area contributed by atoms with Gasteiger partial charge < -0.3 is 15.2 Å². The number of primary amides is 1. The Morgan fingerprint density at radius 3 is 2.46 bits per heavy atom. The minimum atomic E-state index is -0.670. The van der Waals surface area contributed by atoms with E-state index in [1.165, 1.54) is 0 Å². The Morgan fingerprint density at radius 1 is 1.04 bits per heavy atom. The molecular formula is C19H30N6O3. The summed E-state index contributed by atoms with van der Waals surface area (Å²) in [6.45, 7) is 6.33. The van der Waals surface area contributed by atoms with Gasteiger partial charge in [0, 0.05) is 38.8 Å². The van der Waals surface area contributed by atoms with Crippen molar-refractivity contribution < 1.29 is 14.1 Å². The van der Waals surface area contributed by atoms with Gasteiger partial charge in [-0.3, -0.25) is 19.4 Å². The Labute approximate surface area is 165 Å². The average Bonchev–Trinajstić information content (AvgIpc) is 3.40. The van der Waals surface area contributed by atoms with Crippen molar-refractivity contribution in [3.8, 4) is 0 Å². The first kappa shape index (κ1) is 19.3. The fraction of sp³-hybridized carbons (Fsp3) is 0.789. The van der Waals surface area contributed by atoms with Crippen LogP contribution in [0.3, 0.4) is 0 Å². The van der Waals surface area contributed by atoms with E-state index in [0.29, 0.717) is 24.4 Å². The second-order valence-electron chi connectivity index (χ2n) is 8.25. The minimum Gasteiger partial charge on any atom is -0.363 e. The molecule has 0 radical (unpaired) electrons. The molecule has 4 heterocycles. The molecule has 3 aliphatic rings. The fourth-order valence-corrected chi connectivity index (χ4v) is 4.79. The van der Waals surface area contributed by atoms with Gasteiger partial charge >= 0.3 is 0 Å². The van der Waals surface area contributed by atoms with Crippen LogP contribution in [0.25, 0.3) is 0 Å². The van der Waals surface area contributed by atoms with Crippen molar-refractivity contribution in [3.63, 3.8) is 0 Å². The molecule has 1 aromatic heterocycles. The predicted molar refractivity (Wildman–Crippen MR) is 101 cm³/mol. The molecule has 0 spiro atoms. The van der Waals surface area contributed by atoms with E-state index in [0.717, 1.165) is 77.8 Å². The number of carbonyl (C=O) groups is 2. The SMILES string of the molecule is NC(=O)c1noc(CN2CCC(N3CCCC(C(=O)N4CCCC4)C3)CC2)n1. The largest absolute Gasteiger partial charge is 0.363 e. The van der Waals surface area contributed by atoms with Crippen LogP contribution in [0.5, 0.6) is 0 Å². The summed E-state index contributed by atoms with van der Waals surface area (Å²) in [6.07, 6.45) is 6.60. The number of carbonyl (C=O) groups excluding carboxylic acids is 2. The molecule has 4 rings (SSSR count). The molecule has 0 aliphatic carbocycles. The lowest BCUT2D eigenvalue weighted by Crippen LogP contribution is -2.51. The van der Waals surface area contributed by atoms with Crippen LogP contribution in [0.2, 0.25) is 0 Å². The number of amides is 2. The van der Waals surface area contributed by atoms with Crippen molar-refractivity contribution in [2.24, 2.45) is 11.7 Å². The monoisotopic (exact) mass is 390 g/mol. The molecule has 1 aromatic rings. The first-order valence-corrected chi connectivity index (χ1v) is 10.5. The molecule has 28 heavy (non-hydrogen) atoms. The molecule has 1 unspecified atom stereocenters. The Hall–Kier alpha value is -2.00. The highest BCUT2D eigenvalue weighted by Crippen LogP contribution is 2.26. The average molecular weight is 390 g/mol. The summed E-state index contributed by atoms with van der Waals surface area (Å²) in [6, 6.07) is 0.536. The van der Waals surface area contributed by atoms with E-state index in [-0.39, 0.29) is 11.7 Å². The third-order valence-corrected chi connectivity index (χ3v) is 6.34. The molecule has 0 bridgehead atoms. The Kier molecular flexibility index (Phi) is 5.91. The lowest BCUT2D eigenvalue weighted by atomic mass is 9.93. The fourth-order valence-electron chi connectivity index (χ4n) is 4.79. The number of rotatable bonds is 5. The maximum Gasteiger partial charge on any atom is 0.290 e. The van der Waals surface area contributed by atoms with Crippen molar-refractivity contribution in [1.29, 1.82) is 0 Å². The molecule has 0 saturated carbocycles. The molecular weight excluding hydrogens is 360 g/mol. The zero-order chi connectivity index (χ0) is 19.5. The minimum absolute atomic E-state index is 0.0630. The van der Waals surface area contributed by atoms with Gasteiger partial charge in [-0.25, -0.2) is 0 Å². The number of hydrogen-bond donors (Lipinski definition) is 1. The van der Waals surface area contributed by atoms with E-state index in [4.69, 9.17) is 10.3 Å². The summed E-state index contributed by atoms with van der Waals surface area (Å²) in [5.41, 5.74) is 5.16. The number of nitrogens with two attached hydrogens (primary N) is 1. The Morgan fingerprint density at radius 2 is 1.79 bits per heavy atom. The van der Waals surface area contributed by atoms with Crippen LogP contribution in [-0.4, -0.2) is 82.0 Å². The number of likely N-dealkylation sites (tertiary alicyclic amines) is 3. The lowest BCUT2D eigenvalue weighted by molar-refractivity contribution is -0.136. The normalized spacial score (nSPS) is 25.3. The molecule has 2 N–H and O–H groups in total. The van der Waals surface area contributed by atoms with Crippen LogP contribution < -0.4 is 5.73 Å². The molecule has 3 aliphatic heterocycles.